The number of rotatable bonds is 5. The quantitative estimate of drug-likeness (QED) is 0.913. The summed E-state index contributed by atoms with van der Waals surface area (Å²) in [7, 11) is 1.87. The molecule has 1 unspecified atom stereocenters. The fourth-order valence-electron chi connectivity index (χ4n) is 2.06. The Labute approximate surface area is 124 Å². The topological polar surface area (TPSA) is 45.0 Å². The Morgan fingerprint density at radius 3 is 2.71 bits per heavy atom. The number of hydrogen-bond acceptors (Lipinski definition) is 3. The molecule has 0 saturated carbocycles. The first-order chi connectivity index (χ1) is 10.2. The van der Waals surface area contributed by atoms with Gasteiger partial charge in [-0.2, -0.15) is 5.26 Å². The van der Waals surface area contributed by atoms with E-state index in [0.29, 0.717) is 11.3 Å². The van der Waals surface area contributed by atoms with Crippen LogP contribution in [0.1, 0.15) is 29.7 Å². The molecule has 1 atom stereocenters. The number of ether oxygens (including phenoxy) is 1. The van der Waals surface area contributed by atoms with Crippen molar-refractivity contribution in [1.29, 1.82) is 5.26 Å². The molecule has 0 aliphatic carbocycles. The molecule has 3 nitrogen and oxygen atoms in total. The van der Waals surface area contributed by atoms with Gasteiger partial charge in [0.2, 0.25) is 0 Å². The van der Waals surface area contributed by atoms with Gasteiger partial charge in [0.15, 0.2) is 0 Å². The molecule has 2 aromatic rings. The summed E-state index contributed by atoms with van der Waals surface area (Å²) in [6.45, 7) is 2.12. The Morgan fingerprint density at radius 1 is 1.24 bits per heavy atom. The smallest absolute Gasteiger partial charge is 0.147 e. The van der Waals surface area contributed by atoms with E-state index in [2.05, 4.69) is 5.32 Å². The van der Waals surface area contributed by atoms with Crippen molar-refractivity contribution in [2.45, 2.75) is 19.6 Å². The Kier molecular flexibility index (Phi) is 4.91. The maximum absolute atomic E-state index is 14.0. The fourth-order valence-corrected chi connectivity index (χ4v) is 2.06. The van der Waals surface area contributed by atoms with Crippen molar-refractivity contribution >= 4 is 0 Å². The number of nitrogens with one attached hydrogen (secondary N) is 1. The number of nitrogens with zero attached hydrogens (tertiary/aromatic N) is 1. The Hall–Kier alpha value is -2.38. The molecule has 0 aliphatic rings. The molecule has 0 fully saturated rings. The lowest BCUT2D eigenvalue weighted by atomic mass is 10.1. The molecule has 4 heteroatoms. The number of para-hydroxylation sites is 1. The highest BCUT2D eigenvalue weighted by atomic mass is 19.1. The van der Waals surface area contributed by atoms with Crippen LogP contribution in [0.2, 0.25) is 0 Å². The molecule has 0 heterocycles. The van der Waals surface area contributed by atoms with Crippen LogP contribution in [-0.2, 0) is 6.61 Å². The first kappa shape index (κ1) is 15.0. The van der Waals surface area contributed by atoms with Crippen LogP contribution in [0.5, 0.6) is 5.75 Å². The minimum atomic E-state index is -0.515. The Bertz CT molecular complexity index is 664. The minimum absolute atomic E-state index is 0.0352. The van der Waals surface area contributed by atoms with E-state index in [0.717, 1.165) is 5.56 Å². The normalized spacial score (nSPS) is 11.7. The monoisotopic (exact) mass is 284 g/mol. The summed E-state index contributed by atoms with van der Waals surface area (Å²) >= 11 is 0. The van der Waals surface area contributed by atoms with Gasteiger partial charge in [-0.25, -0.2) is 4.39 Å². The molecule has 0 saturated heterocycles. The highest BCUT2D eigenvalue weighted by molar-refractivity contribution is 5.37. The van der Waals surface area contributed by atoms with Gasteiger partial charge in [-0.05, 0) is 26.1 Å². The third-order valence-electron chi connectivity index (χ3n) is 3.40. The van der Waals surface area contributed by atoms with Gasteiger partial charge < -0.3 is 10.1 Å². The SMILES string of the molecule is CNC(C)c1ccccc1OCc1cccc(C#N)c1F. The molecule has 2 aromatic carbocycles. The number of benzene rings is 2. The van der Waals surface area contributed by atoms with Gasteiger partial charge in [-0.15, -0.1) is 0 Å². The fraction of sp³-hybridized carbons (Fsp3) is 0.235. The number of halogens is 1. The zero-order valence-electron chi connectivity index (χ0n) is 12.1. The lowest BCUT2D eigenvalue weighted by Gasteiger charge is -2.16. The van der Waals surface area contributed by atoms with E-state index >= 15 is 0 Å². The molecule has 108 valence electrons. The standard InChI is InChI=1S/C17H17FN2O/c1-12(20-2)15-8-3-4-9-16(15)21-11-14-7-5-6-13(10-19)17(14)18/h3-9,12,20H,11H2,1-2H3. The van der Waals surface area contributed by atoms with Gasteiger partial charge in [0.25, 0.3) is 0 Å². The summed E-state index contributed by atoms with van der Waals surface area (Å²) in [6, 6.07) is 14.3. The molecule has 2 rings (SSSR count). The van der Waals surface area contributed by atoms with Crippen LogP contribution < -0.4 is 10.1 Å². The molecule has 0 bridgehead atoms. The Balaban J connectivity index is 2.20. The summed E-state index contributed by atoms with van der Waals surface area (Å²) in [6.07, 6.45) is 0. The van der Waals surface area contributed by atoms with Crippen LogP contribution in [0.3, 0.4) is 0 Å². The third-order valence-corrected chi connectivity index (χ3v) is 3.40. The molecule has 0 spiro atoms. The second-order valence-corrected chi connectivity index (χ2v) is 4.73. The van der Waals surface area contributed by atoms with Gasteiger partial charge in [-0.3, -0.25) is 0 Å². The summed E-state index contributed by atoms with van der Waals surface area (Å²) in [5.74, 6) is 0.195. The zero-order chi connectivity index (χ0) is 15.2. The summed E-state index contributed by atoms with van der Waals surface area (Å²) < 4.78 is 19.7. The second-order valence-electron chi connectivity index (χ2n) is 4.73. The predicted molar refractivity (Wildman–Crippen MR) is 79.4 cm³/mol. The van der Waals surface area contributed by atoms with E-state index in [1.54, 1.807) is 12.1 Å². The molecular weight excluding hydrogens is 267 g/mol. The van der Waals surface area contributed by atoms with Crippen LogP contribution >= 0.6 is 0 Å². The van der Waals surface area contributed by atoms with Crippen LogP contribution in [0.25, 0.3) is 0 Å². The van der Waals surface area contributed by atoms with Gasteiger partial charge in [-0.1, -0.05) is 30.3 Å². The van der Waals surface area contributed by atoms with Crippen molar-refractivity contribution < 1.29 is 9.13 Å². The first-order valence-electron chi connectivity index (χ1n) is 6.74. The van der Waals surface area contributed by atoms with E-state index in [9.17, 15) is 4.39 Å². The zero-order valence-corrected chi connectivity index (χ0v) is 12.1. The van der Waals surface area contributed by atoms with Crippen molar-refractivity contribution in [3.05, 3.63) is 65.0 Å². The van der Waals surface area contributed by atoms with Crippen LogP contribution in [-0.4, -0.2) is 7.05 Å². The predicted octanol–water partition coefficient (Wildman–Crippen LogP) is 3.56. The van der Waals surface area contributed by atoms with E-state index in [-0.39, 0.29) is 18.2 Å². The average molecular weight is 284 g/mol. The van der Waals surface area contributed by atoms with Gasteiger partial charge in [0.05, 0.1) is 5.56 Å². The van der Waals surface area contributed by atoms with Crippen LogP contribution in [0.4, 0.5) is 4.39 Å². The lowest BCUT2D eigenvalue weighted by Crippen LogP contribution is -2.13. The number of hydrogen-bond donors (Lipinski definition) is 1. The maximum atomic E-state index is 14.0. The van der Waals surface area contributed by atoms with Crippen LogP contribution in [0, 0.1) is 17.1 Å². The largest absolute Gasteiger partial charge is 0.488 e. The third kappa shape index (κ3) is 3.39. The van der Waals surface area contributed by atoms with Crippen molar-refractivity contribution in [1.82, 2.24) is 5.32 Å². The summed E-state index contributed by atoms with van der Waals surface area (Å²) in [4.78, 5) is 0. The molecule has 0 radical (unpaired) electrons. The molecule has 0 aromatic heterocycles. The van der Waals surface area contributed by atoms with Gasteiger partial charge in [0, 0.05) is 17.2 Å². The van der Waals surface area contributed by atoms with Crippen molar-refractivity contribution in [3.63, 3.8) is 0 Å². The molecular formula is C17H17FN2O. The maximum Gasteiger partial charge on any atom is 0.147 e. The average Bonchev–Trinajstić information content (AvgIpc) is 2.53. The highest BCUT2D eigenvalue weighted by Gasteiger charge is 2.12. The summed E-state index contributed by atoms with van der Waals surface area (Å²) in [5.41, 5.74) is 1.42. The van der Waals surface area contributed by atoms with E-state index in [4.69, 9.17) is 10.00 Å². The molecule has 1 N–H and O–H groups in total. The van der Waals surface area contributed by atoms with E-state index < -0.39 is 5.82 Å². The van der Waals surface area contributed by atoms with Crippen LogP contribution in [0.15, 0.2) is 42.5 Å². The lowest BCUT2D eigenvalue weighted by molar-refractivity contribution is 0.294. The Morgan fingerprint density at radius 2 is 2.00 bits per heavy atom. The second kappa shape index (κ2) is 6.87. The minimum Gasteiger partial charge on any atom is -0.488 e. The van der Waals surface area contributed by atoms with Crippen molar-refractivity contribution in [3.8, 4) is 11.8 Å². The summed E-state index contributed by atoms with van der Waals surface area (Å²) in [5, 5.41) is 12.0. The van der Waals surface area contributed by atoms with Gasteiger partial charge in [0.1, 0.15) is 24.2 Å². The molecule has 21 heavy (non-hydrogen) atoms. The van der Waals surface area contributed by atoms with Crippen molar-refractivity contribution in [2.75, 3.05) is 7.05 Å². The molecule has 0 aliphatic heterocycles. The van der Waals surface area contributed by atoms with Crippen molar-refractivity contribution in [2.24, 2.45) is 0 Å². The van der Waals surface area contributed by atoms with E-state index in [1.165, 1.54) is 6.07 Å². The van der Waals surface area contributed by atoms with Gasteiger partial charge >= 0.3 is 0 Å². The van der Waals surface area contributed by atoms with E-state index in [1.807, 2.05) is 44.3 Å². The first-order valence-corrected chi connectivity index (χ1v) is 6.74. The molecule has 0 amide bonds. The number of nitriles is 1. The highest BCUT2D eigenvalue weighted by Crippen LogP contribution is 2.25.